The normalized spacial score (nSPS) is 27.6. The number of amides is 1. The lowest BCUT2D eigenvalue weighted by atomic mass is 9.75. The molecule has 0 unspecified atom stereocenters. The van der Waals surface area contributed by atoms with Gasteiger partial charge >= 0.3 is 0 Å². The fourth-order valence-electron chi connectivity index (χ4n) is 4.78. The van der Waals surface area contributed by atoms with E-state index >= 15 is 0 Å². The Balaban J connectivity index is 1.60. The molecule has 4 rings (SSSR count). The van der Waals surface area contributed by atoms with E-state index in [0.717, 1.165) is 25.9 Å². The maximum Gasteiger partial charge on any atom is 0.261 e. The van der Waals surface area contributed by atoms with Crippen LogP contribution in [0.25, 0.3) is 0 Å². The van der Waals surface area contributed by atoms with Crippen LogP contribution < -0.4 is 10.9 Å². The van der Waals surface area contributed by atoms with Gasteiger partial charge in [0, 0.05) is 30.8 Å². The Bertz CT molecular complexity index is 797. The van der Waals surface area contributed by atoms with Gasteiger partial charge in [0.25, 0.3) is 11.5 Å². The monoisotopic (exact) mass is 357 g/mol. The number of likely N-dealkylation sites (tertiary alicyclic amines) is 1. The lowest BCUT2D eigenvalue weighted by molar-refractivity contribution is 0.0756. The molecule has 0 saturated carbocycles. The van der Waals surface area contributed by atoms with E-state index in [1.165, 1.54) is 0 Å². The van der Waals surface area contributed by atoms with Crippen molar-refractivity contribution >= 4 is 11.7 Å². The lowest BCUT2D eigenvalue weighted by Gasteiger charge is -2.30. The number of aromatic amines is 1. The summed E-state index contributed by atoms with van der Waals surface area (Å²) in [5.74, 6) is 1.02. The average molecular weight is 357 g/mol. The van der Waals surface area contributed by atoms with Crippen LogP contribution in [0.3, 0.4) is 0 Å². The van der Waals surface area contributed by atoms with Gasteiger partial charge < -0.3 is 15.2 Å². The molecule has 2 saturated heterocycles. The number of fused-ring (bicyclic) bond motifs is 2. The summed E-state index contributed by atoms with van der Waals surface area (Å²) in [6, 6.07) is 1.54. The van der Waals surface area contributed by atoms with Crippen LogP contribution in [-0.4, -0.2) is 47.8 Å². The number of ketones is 1. The average Bonchev–Trinajstić information content (AvgIpc) is 2.91. The molecule has 26 heavy (non-hydrogen) atoms. The maximum atomic E-state index is 13.0. The number of rotatable bonds is 1. The first-order valence-corrected chi connectivity index (χ1v) is 9.63. The second kappa shape index (κ2) is 6.34. The molecule has 2 atom stereocenters. The smallest absolute Gasteiger partial charge is 0.261 e. The third-order valence-corrected chi connectivity index (χ3v) is 6.25. The summed E-state index contributed by atoms with van der Waals surface area (Å²) >= 11 is 0. The first kappa shape index (κ1) is 17.5. The molecule has 140 valence electrons. The van der Waals surface area contributed by atoms with Crippen molar-refractivity contribution in [2.75, 3.05) is 26.2 Å². The molecule has 6 nitrogen and oxygen atoms in total. The number of aromatic nitrogens is 1. The van der Waals surface area contributed by atoms with Crippen molar-refractivity contribution in [3.05, 3.63) is 33.2 Å². The molecule has 0 bridgehead atoms. The Morgan fingerprint density at radius 2 is 1.77 bits per heavy atom. The highest BCUT2D eigenvalue weighted by Crippen LogP contribution is 2.33. The van der Waals surface area contributed by atoms with Crippen molar-refractivity contribution in [1.82, 2.24) is 15.2 Å². The van der Waals surface area contributed by atoms with Gasteiger partial charge in [0.15, 0.2) is 5.78 Å². The summed E-state index contributed by atoms with van der Waals surface area (Å²) in [5, 5.41) is 3.43. The van der Waals surface area contributed by atoms with Gasteiger partial charge in [-0.3, -0.25) is 14.4 Å². The number of H-pyrrole nitrogens is 1. The van der Waals surface area contributed by atoms with Crippen molar-refractivity contribution < 1.29 is 9.59 Å². The number of nitrogens with zero attached hydrogens (tertiary/aromatic N) is 1. The van der Waals surface area contributed by atoms with Gasteiger partial charge in [-0.25, -0.2) is 0 Å². The molecule has 1 aliphatic carbocycles. The van der Waals surface area contributed by atoms with Gasteiger partial charge in [0.05, 0.1) is 0 Å². The molecule has 0 radical (unpaired) electrons. The molecule has 2 fully saturated rings. The fraction of sp³-hybridized carbons (Fsp3) is 0.650. The Morgan fingerprint density at radius 1 is 1.12 bits per heavy atom. The second-order valence-corrected chi connectivity index (χ2v) is 8.89. The highest BCUT2D eigenvalue weighted by Gasteiger charge is 2.35. The number of hydrogen-bond donors (Lipinski definition) is 2. The molecule has 1 aromatic heterocycles. The first-order valence-electron chi connectivity index (χ1n) is 9.63. The van der Waals surface area contributed by atoms with E-state index in [-0.39, 0.29) is 28.2 Å². The minimum Gasteiger partial charge on any atom is -0.338 e. The van der Waals surface area contributed by atoms with Crippen molar-refractivity contribution in [1.29, 1.82) is 0 Å². The highest BCUT2D eigenvalue weighted by molar-refractivity contribution is 6.02. The summed E-state index contributed by atoms with van der Waals surface area (Å²) in [7, 11) is 0. The molecular formula is C20H27N3O3. The molecule has 1 aromatic rings. The molecule has 3 aliphatic rings. The third-order valence-electron chi connectivity index (χ3n) is 6.25. The van der Waals surface area contributed by atoms with Crippen molar-refractivity contribution in [2.45, 2.75) is 39.5 Å². The van der Waals surface area contributed by atoms with E-state index in [2.05, 4.69) is 10.3 Å². The molecule has 6 heteroatoms. The van der Waals surface area contributed by atoms with Crippen LogP contribution in [0.5, 0.6) is 0 Å². The topological polar surface area (TPSA) is 82.3 Å². The Hall–Kier alpha value is -1.95. The molecule has 1 amide bonds. The Kier molecular flexibility index (Phi) is 4.26. The second-order valence-electron chi connectivity index (χ2n) is 8.89. The molecule has 2 aliphatic heterocycles. The van der Waals surface area contributed by atoms with Crippen LogP contribution in [0.2, 0.25) is 0 Å². The minimum atomic E-state index is -0.370. The summed E-state index contributed by atoms with van der Waals surface area (Å²) in [6.45, 7) is 7.45. The number of carbonyl (C=O) groups is 2. The zero-order valence-corrected chi connectivity index (χ0v) is 15.6. The summed E-state index contributed by atoms with van der Waals surface area (Å²) in [5.41, 5.74) is 0.773. The third kappa shape index (κ3) is 3.11. The fourth-order valence-corrected chi connectivity index (χ4v) is 4.78. The molecular weight excluding hydrogens is 330 g/mol. The van der Waals surface area contributed by atoms with E-state index in [1.54, 1.807) is 11.0 Å². The van der Waals surface area contributed by atoms with E-state index < -0.39 is 0 Å². The van der Waals surface area contributed by atoms with Gasteiger partial charge in [0.2, 0.25) is 0 Å². The minimum absolute atomic E-state index is 0.0121. The van der Waals surface area contributed by atoms with Crippen LogP contribution >= 0.6 is 0 Å². The SMILES string of the molecule is CC1(C)CC(=O)c2cc(C(=O)N3CC[C@@H]4CNC[C@@H]4CC3)c(=O)[nH]c2C1. The van der Waals surface area contributed by atoms with Crippen LogP contribution in [0, 0.1) is 17.3 Å². The van der Waals surface area contributed by atoms with E-state index in [4.69, 9.17) is 0 Å². The number of pyridine rings is 1. The van der Waals surface area contributed by atoms with E-state index in [1.807, 2.05) is 13.8 Å². The van der Waals surface area contributed by atoms with Gasteiger partial charge in [0.1, 0.15) is 5.56 Å². The Labute approximate surface area is 153 Å². The standard InChI is InChI=1S/C20H27N3O3/c1-20(2)8-16-14(17(24)9-20)7-15(18(25)22-16)19(26)23-5-3-12-10-21-11-13(12)4-6-23/h7,12-13,21H,3-6,8-11H2,1-2H3,(H,22,25)/t12-,13+. The van der Waals surface area contributed by atoms with Crippen LogP contribution in [-0.2, 0) is 6.42 Å². The number of Topliss-reactive ketones (excluding diaryl/α,β-unsaturated/α-hetero) is 1. The highest BCUT2D eigenvalue weighted by atomic mass is 16.2. The summed E-state index contributed by atoms with van der Waals surface area (Å²) in [4.78, 5) is 42.7. The zero-order chi connectivity index (χ0) is 18.5. The molecule has 0 spiro atoms. The molecule has 0 aromatic carbocycles. The van der Waals surface area contributed by atoms with Crippen molar-refractivity contribution in [2.24, 2.45) is 17.3 Å². The van der Waals surface area contributed by atoms with Crippen molar-refractivity contribution in [3.63, 3.8) is 0 Å². The molecule has 3 heterocycles. The number of hydrogen-bond acceptors (Lipinski definition) is 4. The zero-order valence-electron chi connectivity index (χ0n) is 15.6. The Morgan fingerprint density at radius 3 is 2.42 bits per heavy atom. The van der Waals surface area contributed by atoms with Gasteiger partial charge in [-0.2, -0.15) is 0 Å². The van der Waals surface area contributed by atoms with E-state index in [9.17, 15) is 14.4 Å². The van der Waals surface area contributed by atoms with Gasteiger partial charge in [-0.1, -0.05) is 13.8 Å². The predicted molar refractivity (Wildman–Crippen MR) is 98.5 cm³/mol. The number of carbonyl (C=O) groups excluding carboxylic acids is 2. The summed E-state index contributed by atoms with van der Waals surface area (Å²) in [6.07, 6.45) is 3.04. The predicted octanol–water partition coefficient (Wildman–Crippen LogP) is 1.60. The van der Waals surface area contributed by atoms with Gasteiger partial charge in [-0.05, 0) is 55.7 Å². The van der Waals surface area contributed by atoms with E-state index in [0.29, 0.717) is 49.0 Å². The van der Waals surface area contributed by atoms with Crippen molar-refractivity contribution in [3.8, 4) is 0 Å². The maximum absolute atomic E-state index is 13.0. The van der Waals surface area contributed by atoms with Crippen LogP contribution in [0.4, 0.5) is 0 Å². The quantitative estimate of drug-likeness (QED) is 0.800. The largest absolute Gasteiger partial charge is 0.338 e. The summed E-state index contributed by atoms with van der Waals surface area (Å²) < 4.78 is 0. The first-order chi connectivity index (χ1) is 12.3. The lowest BCUT2D eigenvalue weighted by Crippen LogP contribution is -2.38. The molecule has 2 N–H and O–H groups in total. The van der Waals surface area contributed by atoms with Gasteiger partial charge in [-0.15, -0.1) is 0 Å². The van der Waals surface area contributed by atoms with Crippen LogP contribution in [0.1, 0.15) is 59.5 Å². The van der Waals surface area contributed by atoms with Crippen LogP contribution in [0.15, 0.2) is 10.9 Å². The number of nitrogens with one attached hydrogen (secondary N) is 2.